The molecule has 0 bridgehead atoms. The molecule has 1 amide bonds. The Morgan fingerprint density at radius 1 is 1.43 bits per heavy atom. The molecule has 1 aromatic rings. The molecule has 0 aliphatic carbocycles. The predicted molar refractivity (Wildman–Crippen MR) is 86.8 cm³/mol. The van der Waals surface area contributed by atoms with Crippen molar-refractivity contribution in [3.05, 3.63) is 28.8 Å². The summed E-state index contributed by atoms with van der Waals surface area (Å²) in [5.41, 5.74) is 0.920. The van der Waals surface area contributed by atoms with Crippen LogP contribution >= 0.6 is 11.6 Å². The van der Waals surface area contributed by atoms with Crippen LogP contribution in [0.2, 0.25) is 5.02 Å². The van der Waals surface area contributed by atoms with Gasteiger partial charge in [0.2, 0.25) is 5.91 Å². The lowest BCUT2D eigenvalue weighted by atomic mass is 10.0. The zero-order valence-electron chi connectivity index (χ0n) is 13.2. The van der Waals surface area contributed by atoms with Crippen LogP contribution in [0.25, 0.3) is 0 Å². The number of ether oxygens (including phenoxy) is 3. The van der Waals surface area contributed by atoms with Gasteiger partial charge in [0, 0.05) is 18.6 Å². The van der Waals surface area contributed by atoms with Crippen LogP contribution in [0.1, 0.15) is 37.8 Å². The lowest BCUT2D eigenvalue weighted by molar-refractivity contribution is -0.134. The first-order chi connectivity index (χ1) is 11.1. The van der Waals surface area contributed by atoms with Crippen molar-refractivity contribution in [2.45, 2.75) is 44.4 Å². The van der Waals surface area contributed by atoms with E-state index in [1.54, 1.807) is 13.0 Å². The van der Waals surface area contributed by atoms with Crippen LogP contribution < -0.4 is 10.1 Å². The molecule has 3 rings (SSSR count). The van der Waals surface area contributed by atoms with Crippen LogP contribution in [0, 0.1) is 0 Å². The Labute approximate surface area is 141 Å². The molecule has 3 atom stereocenters. The number of para-hydroxylation sites is 1. The van der Waals surface area contributed by atoms with Gasteiger partial charge in [-0.3, -0.25) is 4.79 Å². The van der Waals surface area contributed by atoms with Gasteiger partial charge in [0.1, 0.15) is 11.9 Å². The second-order valence-corrected chi connectivity index (χ2v) is 6.37. The molecule has 0 saturated carbocycles. The Bertz CT molecular complexity index is 560. The van der Waals surface area contributed by atoms with E-state index in [0.29, 0.717) is 24.0 Å². The SMILES string of the molecule is C[C@H](OC[C@@H]1CCCO1)C(=O)N[C@@H]1CCOc2c(Cl)cccc21. The van der Waals surface area contributed by atoms with Crippen LogP contribution in [0.15, 0.2) is 18.2 Å². The van der Waals surface area contributed by atoms with Crippen molar-refractivity contribution in [2.24, 2.45) is 0 Å². The van der Waals surface area contributed by atoms with E-state index in [2.05, 4.69) is 5.32 Å². The molecule has 2 heterocycles. The maximum atomic E-state index is 12.4. The van der Waals surface area contributed by atoms with Crippen molar-refractivity contribution in [1.82, 2.24) is 5.32 Å². The number of hydrogen-bond acceptors (Lipinski definition) is 4. The Morgan fingerprint density at radius 2 is 2.30 bits per heavy atom. The molecule has 0 aromatic heterocycles. The highest BCUT2D eigenvalue weighted by atomic mass is 35.5. The van der Waals surface area contributed by atoms with E-state index < -0.39 is 6.10 Å². The lowest BCUT2D eigenvalue weighted by Gasteiger charge is -2.28. The summed E-state index contributed by atoms with van der Waals surface area (Å²) in [6.45, 7) is 3.55. The highest BCUT2D eigenvalue weighted by Gasteiger charge is 2.27. The van der Waals surface area contributed by atoms with Crippen molar-refractivity contribution in [3.8, 4) is 5.75 Å². The topological polar surface area (TPSA) is 56.8 Å². The highest BCUT2D eigenvalue weighted by molar-refractivity contribution is 6.32. The second kappa shape index (κ2) is 7.51. The molecule has 0 spiro atoms. The van der Waals surface area contributed by atoms with Crippen molar-refractivity contribution >= 4 is 17.5 Å². The molecule has 2 aliphatic heterocycles. The molecular weight excluding hydrogens is 318 g/mol. The standard InChI is InChI=1S/C17H22ClNO4/c1-11(23-10-12-4-3-8-21-12)17(20)19-15-7-9-22-16-13(15)5-2-6-14(16)18/h2,5-6,11-12,15H,3-4,7-10H2,1H3,(H,19,20)/t11-,12-,15+/m0/s1. The maximum Gasteiger partial charge on any atom is 0.249 e. The highest BCUT2D eigenvalue weighted by Crippen LogP contribution is 2.37. The molecule has 23 heavy (non-hydrogen) atoms. The van der Waals surface area contributed by atoms with Gasteiger partial charge in [-0.25, -0.2) is 0 Å². The monoisotopic (exact) mass is 339 g/mol. The minimum atomic E-state index is -0.510. The second-order valence-electron chi connectivity index (χ2n) is 5.97. The fraction of sp³-hybridized carbons (Fsp3) is 0.588. The number of carbonyl (C=O) groups is 1. The fourth-order valence-corrected chi connectivity index (χ4v) is 3.17. The molecule has 1 aromatic carbocycles. The summed E-state index contributed by atoms with van der Waals surface area (Å²) in [6, 6.07) is 5.49. The molecule has 5 nitrogen and oxygen atoms in total. The number of fused-ring (bicyclic) bond motifs is 1. The summed E-state index contributed by atoms with van der Waals surface area (Å²) in [5.74, 6) is 0.541. The van der Waals surface area contributed by atoms with E-state index in [1.807, 2.05) is 12.1 Å². The molecular formula is C17H22ClNO4. The molecule has 126 valence electrons. The summed E-state index contributed by atoms with van der Waals surface area (Å²) in [5, 5.41) is 3.61. The number of amides is 1. The first-order valence-electron chi connectivity index (χ1n) is 8.10. The number of benzene rings is 1. The van der Waals surface area contributed by atoms with Gasteiger partial charge in [-0.1, -0.05) is 23.7 Å². The molecule has 0 unspecified atom stereocenters. The summed E-state index contributed by atoms with van der Waals surface area (Å²) < 4.78 is 16.8. The molecule has 1 N–H and O–H groups in total. The number of hydrogen-bond donors (Lipinski definition) is 1. The van der Waals surface area contributed by atoms with E-state index in [-0.39, 0.29) is 18.1 Å². The van der Waals surface area contributed by atoms with Gasteiger partial charge < -0.3 is 19.5 Å². The van der Waals surface area contributed by atoms with E-state index in [4.69, 9.17) is 25.8 Å². The van der Waals surface area contributed by atoms with Crippen LogP contribution in [-0.2, 0) is 14.3 Å². The van der Waals surface area contributed by atoms with Crippen LogP contribution in [-0.4, -0.2) is 37.9 Å². The van der Waals surface area contributed by atoms with Crippen molar-refractivity contribution in [2.75, 3.05) is 19.8 Å². The predicted octanol–water partition coefficient (Wildman–Crippen LogP) is 2.86. The summed E-state index contributed by atoms with van der Waals surface area (Å²) in [6.07, 6.45) is 2.39. The van der Waals surface area contributed by atoms with Gasteiger partial charge in [0.25, 0.3) is 0 Å². The third-order valence-electron chi connectivity index (χ3n) is 4.27. The molecule has 2 aliphatic rings. The fourth-order valence-electron chi connectivity index (χ4n) is 2.93. The first kappa shape index (κ1) is 16.6. The Kier molecular flexibility index (Phi) is 5.41. The first-order valence-corrected chi connectivity index (χ1v) is 8.47. The van der Waals surface area contributed by atoms with Gasteiger partial charge >= 0.3 is 0 Å². The normalized spacial score (nSPS) is 24.6. The average Bonchev–Trinajstić information content (AvgIpc) is 3.07. The van der Waals surface area contributed by atoms with Crippen molar-refractivity contribution in [3.63, 3.8) is 0 Å². The minimum Gasteiger partial charge on any atom is -0.492 e. The zero-order chi connectivity index (χ0) is 16.2. The molecule has 1 saturated heterocycles. The third-order valence-corrected chi connectivity index (χ3v) is 4.57. The Morgan fingerprint density at radius 3 is 3.09 bits per heavy atom. The largest absolute Gasteiger partial charge is 0.492 e. The zero-order valence-corrected chi connectivity index (χ0v) is 14.0. The summed E-state index contributed by atoms with van der Waals surface area (Å²) in [7, 11) is 0. The summed E-state index contributed by atoms with van der Waals surface area (Å²) in [4.78, 5) is 12.4. The van der Waals surface area contributed by atoms with E-state index >= 15 is 0 Å². The number of nitrogens with one attached hydrogen (secondary N) is 1. The van der Waals surface area contributed by atoms with E-state index in [0.717, 1.165) is 31.4 Å². The van der Waals surface area contributed by atoms with Crippen LogP contribution in [0.4, 0.5) is 0 Å². The van der Waals surface area contributed by atoms with Gasteiger partial charge in [-0.05, 0) is 25.8 Å². The molecule has 1 fully saturated rings. The van der Waals surface area contributed by atoms with Gasteiger partial charge in [0.05, 0.1) is 30.4 Å². The average molecular weight is 340 g/mol. The number of halogens is 1. The number of carbonyl (C=O) groups excluding carboxylic acids is 1. The van der Waals surface area contributed by atoms with Crippen molar-refractivity contribution in [1.29, 1.82) is 0 Å². The van der Waals surface area contributed by atoms with E-state index in [1.165, 1.54) is 0 Å². The van der Waals surface area contributed by atoms with Crippen molar-refractivity contribution < 1.29 is 19.0 Å². The van der Waals surface area contributed by atoms with Gasteiger partial charge in [-0.15, -0.1) is 0 Å². The van der Waals surface area contributed by atoms with E-state index in [9.17, 15) is 4.79 Å². The van der Waals surface area contributed by atoms with Crippen LogP contribution in [0.3, 0.4) is 0 Å². The molecule has 0 radical (unpaired) electrons. The third kappa shape index (κ3) is 3.97. The van der Waals surface area contributed by atoms with Crippen LogP contribution in [0.5, 0.6) is 5.75 Å². The lowest BCUT2D eigenvalue weighted by Crippen LogP contribution is -2.39. The smallest absolute Gasteiger partial charge is 0.249 e. The quantitative estimate of drug-likeness (QED) is 0.896. The Balaban J connectivity index is 1.56. The molecule has 6 heteroatoms. The number of rotatable bonds is 5. The van der Waals surface area contributed by atoms with Gasteiger partial charge in [0.15, 0.2) is 0 Å². The Hall–Kier alpha value is -1.30. The minimum absolute atomic E-state index is 0.0984. The van der Waals surface area contributed by atoms with Gasteiger partial charge in [-0.2, -0.15) is 0 Å². The maximum absolute atomic E-state index is 12.4. The summed E-state index contributed by atoms with van der Waals surface area (Å²) >= 11 is 6.15.